The smallest absolute Gasteiger partial charge is 0.0998 e. The Kier molecular flexibility index (Phi) is 3.11. The van der Waals surface area contributed by atoms with Crippen LogP contribution in [0.3, 0.4) is 0 Å². The van der Waals surface area contributed by atoms with Crippen LogP contribution in [0.15, 0.2) is 42.6 Å². The van der Waals surface area contributed by atoms with Crippen LogP contribution < -0.4 is 0 Å². The molecule has 0 atom stereocenters. The van der Waals surface area contributed by atoms with Crippen molar-refractivity contribution in [3.8, 4) is 6.07 Å². The quantitative estimate of drug-likeness (QED) is 0.716. The van der Waals surface area contributed by atoms with Gasteiger partial charge in [-0.3, -0.25) is 0 Å². The summed E-state index contributed by atoms with van der Waals surface area (Å²) >= 11 is 0. The molecule has 0 aliphatic heterocycles. The normalized spacial score (nSPS) is 11.2. The molecule has 0 spiro atoms. The van der Waals surface area contributed by atoms with Gasteiger partial charge in [0.15, 0.2) is 0 Å². The van der Waals surface area contributed by atoms with E-state index < -0.39 is 0 Å². The van der Waals surface area contributed by atoms with Crippen LogP contribution in [-0.2, 0) is 7.05 Å². The van der Waals surface area contributed by atoms with Crippen LogP contribution in [0.25, 0.3) is 11.6 Å². The summed E-state index contributed by atoms with van der Waals surface area (Å²) < 4.78 is 1.99. The molecule has 0 aliphatic rings. The van der Waals surface area contributed by atoms with E-state index in [0.29, 0.717) is 5.57 Å². The zero-order valence-corrected chi connectivity index (χ0v) is 10.0. The van der Waals surface area contributed by atoms with Gasteiger partial charge in [-0.2, -0.15) is 5.26 Å². The number of aromatic nitrogens is 1. The average Bonchev–Trinajstić information content (AvgIpc) is 2.71. The fourth-order valence-corrected chi connectivity index (χ4v) is 1.76. The molecule has 1 aromatic carbocycles. The Bertz CT molecular complexity index is 597. The second kappa shape index (κ2) is 4.71. The molecule has 17 heavy (non-hydrogen) atoms. The minimum absolute atomic E-state index is 0.690. The van der Waals surface area contributed by atoms with E-state index in [9.17, 15) is 5.26 Å². The number of allylic oxidation sites excluding steroid dienone is 1. The first-order valence-electron chi connectivity index (χ1n) is 5.51. The fraction of sp³-hybridized carbons (Fsp3) is 0.133. The molecule has 2 aromatic rings. The number of aryl methyl sites for hydroxylation is 2. The maximum absolute atomic E-state index is 9.23. The molecule has 0 saturated carbocycles. The molecule has 0 unspecified atom stereocenters. The molecule has 0 bridgehead atoms. The van der Waals surface area contributed by atoms with Gasteiger partial charge >= 0.3 is 0 Å². The van der Waals surface area contributed by atoms with Gasteiger partial charge in [-0.25, -0.2) is 0 Å². The van der Waals surface area contributed by atoms with E-state index in [1.54, 1.807) is 0 Å². The Morgan fingerprint density at radius 3 is 2.71 bits per heavy atom. The lowest BCUT2D eigenvalue weighted by Crippen LogP contribution is -1.89. The third-order valence-electron chi connectivity index (χ3n) is 2.73. The molecular weight excluding hydrogens is 208 g/mol. The van der Waals surface area contributed by atoms with Gasteiger partial charge in [0.2, 0.25) is 0 Å². The molecule has 0 aliphatic carbocycles. The number of rotatable bonds is 2. The van der Waals surface area contributed by atoms with Crippen molar-refractivity contribution in [2.45, 2.75) is 6.92 Å². The first kappa shape index (κ1) is 11.2. The van der Waals surface area contributed by atoms with Gasteiger partial charge in [-0.15, -0.1) is 0 Å². The summed E-state index contributed by atoms with van der Waals surface area (Å²) in [6.45, 7) is 2.03. The lowest BCUT2D eigenvalue weighted by atomic mass is 10.0. The van der Waals surface area contributed by atoms with E-state index in [1.165, 1.54) is 0 Å². The number of hydrogen-bond donors (Lipinski definition) is 0. The Morgan fingerprint density at radius 2 is 2.12 bits per heavy atom. The van der Waals surface area contributed by atoms with E-state index in [-0.39, 0.29) is 0 Å². The third-order valence-corrected chi connectivity index (χ3v) is 2.73. The Hall–Kier alpha value is -2.27. The number of hydrogen-bond acceptors (Lipinski definition) is 1. The molecule has 2 nitrogen and oxygen atoms in total. The summed E-state index contributed by atoms with van der Waals surface area (Å²) in [4.78, 5) is 0. The minimum Gasteiger partial charge on any atom is -0.351 e. The van der Waals surface area contributed by atoms with E-state index in [2.05, 4.69) is 6.07 Å². The lowest BCUT2D eigenvalue weighted by molar-refractivity contribution is 0.915. The Morgan fingerprint density at radius 1 is 1.29 bits per heavy atom. The zero-order valence-electron chi connectivity index (χ0n) is 10.0. The van der Waals surface area contributed by atoms with E-state index in [4.69, 9.17) is 0 Å². The van der Waals surface area contributed by atoms with Crippen LogP contribution in [0.1, 0.15) is 16.8 Å². The molecule has 0 N–H and O–H groups in total. The number of benzene rings is 1. The van der Waals surface area contributed by atoms with Crippen molar-refractivity contribution in [1.29, 1.82) is 5.26 Å². The topological polar surface area (TPSA) is 28.7 Å². The number of nitrogens with zero attached hydrogens (tertiary/aromatic N) is 2. The standard InChI is InChI=1S/C15H14N2/c1-12-5-3-6-13(9-12)14(11-16)10-15-7-4-8-17(15)2/h3-10H,1-2H3/b14-10-. The van der Waals surface area contributed by atoms with E-state index in [1.807, 2.05) is 67.2 Å². The van der Waals surface area contributed by atoms with Gasteiger partial charge in [-0.05, 0) is 30.7 Å². The third kappa shape index (κ3) is 2.46. The second-order valence-electron chi connectivity index (χ2n) is 4.08. The first-order valence-corrected chi connectivity index (χ1v) is 5.51. The predicted molar refractivity (Wildman–Crippen MR) is 70.1 cm³/mol. The monoisotopic (exact) mass is 222 g/mol. The number of nitriles is 1. The SMILES string of the molecule is Cc1cccc(/C(C#N)=C\c2cccn2C)c1. The molecule has 0 amide bonds. The van der Waals surface area contributed by atoms with Gasteiger partial charge in [0.05, 0.1) is 11.6 Å². The summed E-state index contributed by atoms with van der Waals surface area (Å²) in [6, 6.07) is 14.2. The highest BCUT2D eigenvalue weighted by molar-refractivity contribution is 5.89. The molecule has 2 rings (SSSR count). The maximum Gasteiger partial charge on any atom is 0.0998 e. The lowest BCUT2D eigenvalue weighted by Gasteiger charge is -2.02. The minimum atomic E-state index is 0.690. The first-order chi connectivity index (χ1) is 8.20. The van der Waals surface area contributed by atoms with Gasteiger partial charge in [0.1, 0.15) is 0 Å². The van der Waals surface area contributed by atoms with E-state index in [0.717, 1.165) is 16.8 Å². The molecule has 0 fully saturated rings. The summed E-state index contributed by atoms with van der Waals surface area (Å²) in [5.41, 5.74) is 3.85. The van der Waals surface area contributed by atoms with Crippen LogP contribution in [0.5, 0.6) is 0 Å². The fourth-order valence-electron chi connectivity index (χ4n) is 1.76. The molecule has 84 valence electrons. The van der Waals surface area contributed by atoms with Gasteiger partial charge in [0.25, 0.3) is 0 Å². The van der Waals surface area contributed by atoms with Crippen LogP contribution >= 0.6 is 0 Å². The highest BCUT2D eigenvalue weighted by Gasteiger charge is 2.02. The maximum atomic E-state index is 9.23. The molecule has 0 radical (unpaired) electrons. The summed E-state index contributed by atoms with van der Waals surface area (Å²) in [5, 5.41) is 9.23. The van der Waals surface area contributed by atoms with Crippen molar-refractivity contribution in [1.82, 2.24) is 4.57 Å². The summed E-state index contributed by atoms with van der Waals surface area (Å²) in [7, 11) is 1.97. The van der Waals surface area contributed by atoms with Crippen LogP contribution in [0.4, 0.5) is 0 Å². The van der Waals surface area contributed by atoms with Crippen molar-refractivity contribution in [2.24, 2.45) is 7.05 Å². The van der Waals surface area contributed by atoms with Gasteiger partial charge in [0, 0.05) is 18.9 Å². The largest absolute Gasteiger partial charge is 0.351 e. The zero-order chi connectivity index (χ0) is 12.3. The molecule has 2 heteroatoms. The van der Waals surface area contributed by atoms with Crippen molar-refractivity contribution in [3.05, 3.63) is 59.4 Å². The summed E-state index contributed by atoms with van der Waals surface area (Å²) in [5.74, 6) is 0. The highest BCUT2D eigenvalue weighted by atomic mass is 14.9. The van der Waals surface area contributed by atoms with Crippen molar-refractivity contribution in [3.63, 3.8) is 0 Å². The van der Waals surface area contributed by atoms with Crippen LogP contribution in [-0.4, -0.2) is 4.57 Å². The second-order valence-corrected chi connectivity index (χ2v) is 4.08. The van der Waals surface area contributed by atoms with Crippen molar-refractivity contribution in [2.75, 3.05) is 0 Å². The van der Waals surface area contributed by atoms with Crippen molar-refractivity contribution >= 4 is 11.6 Å². The Labute approximate surface area is 101 Å². The molecule has 1 aromatic heterocycles. The van der Waals surface area contributed by atoms with Gasteiger partial charge < -0.3 is 4.57 Å². The Balaban J connectivity index is 2.45. The van der Waals surface area contributed by atoms with Crippen LogP contribution in [0, 0.1) is 18.3 Å². The van der Waals surface area contributed by atoms with Gasteiger partial charge in [-0.1, -0.05) is 29.8 Å². The average molecular weight is 222 g/mol. The molecule has 1 heterocycles. The highest BCUT2D eigenvalue weighted by Crippen LogP contribution is 2.18. The summed E-state index contributed by atoms with van der Waals surface area (Å²) in [6.07, 6.45) is 3.88. The van der Waals surface area contributed by atoms with E-state index >= 15 is 0 Å². The molecule has 0 saturated heterocycles. The van der Waals surface area contributed by atoms with Crippen molar-refractivity contribution < 1.29 is 0 Å². The van der Waals surface area contributed by atoms with Crippen LogP contribution in [0.2, 0.25) is 0 Å². The molecular formula is C15H14N2. The predicted octanol–water partition coefficient (Wildman–Crippen LogP) is 3.40.